The molecule has 6 saturated carbocycles. The lowest BCUT2D eigenvalue weighted by Crippen LogP contribution is -2.65. The van der Waals surface area contributed by atoms with Crippen LogP contribution < -0.4 is 16.4 Å². The van der Waals surface area contributed by atoms with Crippen LogP contribution in [0.4, 0.5) is 4.79 Å². The molecule has 77 heavy (non-hydrogen) atoms. The summed E-state index contributed by atoms with van der Waals surface area (Å²) in [4.78, 5) is 52.0. The minimum Gasteiger partial charge on any atom is -0.460 e. The summed E-state index contributed by atoms with van der Waals surface area (Å²) in [5, 5.41) is 24.7. The fraction of sp³-hybridized carbons (Fsp3) is 0.927. The van der Waals surface area contributed by atoms with E-state index >= 15 is 0 Å². The van der Waals surface area contributed by atoms with Gasteiger partial charge in [0.05, 0.1) is 41.3 Å². The first-order chi connectivity index (χ1) is 34.2. The Morgan fingerprint density at radius 3 is 1.57 bits per heavy atom. The number of rotatable bonds is 6. The normalized spacial score (nSPS) is 33.9. The zero-order valence-corrected chi connectivity index (χ0v) is 52.2. The largest absolute Gasteiger partial charge is 0.481 e. The molecule has 11 rings (SSSR count). The quantitative estimate of drug-likeness (QED) is 0.127. The number of nitrogens with one attached hydrogen (secondary N) is 2. The molecule has 5 heterocycles. The summed E-state index contributed by atoms with van der Waals surface area (Å²) in [6.07, 6.45) is 10.3. The molecule has 6 N–H and O–H groups in total. The van der Waals surface area contributed by atoms with Crippen molar-refractivity contribution in [1.29, 1.82) is 0 Å². The maximum atomic E-state index is 13.8. The Labute approximate surface area is 476 Å². The predicted octanol–water partition coefficient (Wildman–Crippen LogP) is 7.74. The highest BCUT2D eigenvalue weighted by Gasteiger charge is 2.70. The summed E-state index contributed by atoms with van der Waals surface area (Å²) in [6.45, 7) is 40.3. The Morgan fingerprint density at radius 1 is 0.675 bits per heavy atom. The monoisotopic (exact) mass is 1130 g/mol. The van der Waals surface area contributed by atoms with Gasteiger partial charge in [-0.3, -0.25) is 14.4 Å². The standard InChI is InChI=1S/C25H43BN2O5.C14H24BNO2.C10H21BN2O3.C6H12O2.2ClH/c1-22(2,3)19(27-21(30)31-23(4,5)6)20(29)28-12-10-11-18(28)26-32-17-14-15-13-16(24(15,7)8)25(17,9)33-26;1-13(2)9-7-10(13)14(3)11(8-9)17-15(18-14)12-5-4-6-16-12;1-10(2,3)8(12)9(14)13-6-4-5-7(13)11(15)16;1-5(7)8-6(2,3)4;;/h15-19H,10-14H2,1-9H3,(H,27,30);9-12,16H,4-8H2,1-3H3;7-8,15-16H,4-6,12H2,1-3H3;1-4H3;2*1H/t15?,16?,17-,18+,19-,25+;9?,10?,11-,12+,14+;7?,8-;;;/m111.../s1. The van der Waals surface area contributed by atoms with E-state index in [4.69, 9.17) is 33.8 Å². The van der Waals surface area contributed by atoms with Crippen molar-refractivity contribution in [3.63, 3.8) is 0 Å². The molecular weight excluding hydrogens is 1030 g/mol. The first-order valence-corrected chi connectivity index (χ1v) is 28.5. The number of carbonyl (C=O) groups is 4. The molecule has 5 saturated heterocycles. The lowest BCUT2D eigenvalue weighted by Gasteiger charge is -2.64. The number of alkyl carbamates (subject to hydrolysis) is 1. The van der Waals surface area contributed by atoms with Gasteiger partial charge in [-0.15, -0.1) is 24.8 Å². The van der Waals surface area contributed by atoms with Gasteiger partial charge in [-0.05, 0) is 171 Å². The second kappa shape index (κ2) is 24.5. The summed E-state index contributed by atoms with van der Waals surface area (Å²) in [6, 6.07) is -1.30. The Kier molecular flexibility index (Phi) is 21.5. The van der Waals surface area contributed by atoms with Crippen LogP contribution >= 0.6 is 24.8 Å². The van der Waals surface area contributed by atoms with Crippen molar-refractivity contribution in [2.75, 3.05) is 19.6 Å². The molecule has 6 aliphatic carbocycles. The van der Waals surface area contributed by atoms with Crippen LogP contribution in [0.25, 0.3) is 0 Å². The fourth-order valence-electron chi connectivity index (χ4n) is 14.0. The summed E-state index contributed by atoms with van der Waals surface area (Å²) in [7, 11) is -1.89. The van der Waals surface area contributed by atoms with E-state index in [1.807, 2.05) is 88.0 Å². The lowest BCUT2D eigenvalue weighted by molar-refractivity contribution is -0.199. The molecule has 0 aromatic rings. The topological polar surface area (TPSA) is 221 Å². The Balaban J connectivity index is 0.000000246. The van der Waals surface area contributed by atoms with E-state index in [1.165, 1.54) is 43.9 Å². The number of amides is 3. The van der Waals surface area contributed by atoms with Crippen molar-refractivity contribution in [1.82, 2.24) is 20.4 Å². The molecular formula is C55H102B3Cl2N5O12. The number of carbonyl (C=O) groups excluding carboxylic acids is 4. The summed E-state index contributed by atoms with van der Waals surface area (Å²) in [5.74, 6) is 1.99. The Morgan fingerprint density at radius 2 is 1.16 bits per heavy atom. The van der Waals surface area contributed by atoms with E-state index in [0.717, 1.165) is 38.1 Å². The van der Waals surface area contributed by atoms with Crippen molar-refractivity contribution in [3.8, 4) is 0 Å². The number of likely N-dealkylation sites (tertiary alicyclic amines) is 2. The molecule has 13 atom stereocenters. The minimum atomic E-state index is -1.47. The number of nitrogens with zero attached hydrogens (tertiary/aromatic N) is 2. The third-order valence-electron chi connectivity index (χ3n) is 18.6. The van der Waals surface area contributed by atoms with Crippen LogP contribution in [-0.2, 0) is 42.5 Å². The molecule has 0 aromatic carbocycles. The second-order valence-electron chi connectivity index (χ2n) is 29.3. The molecule has 0 aromatic heterocycles. The number of hydrogen-bond acceptors (Lipinski definition) is 14. The SMILES string of the molecule is CC(=O)OC(C)(C)C.CC(C)(C)OC(=O)N[C@H](C(=O)N1CCC[C@H]1B1O[C@@H]2CC3CC(C3(C)C)[C@]2(C)O1)C(C)(C)C.CC(C)(C)[C@H](N)C(=O)N1CCCC1B(O)O.CC1(C)C2CC1[C@]1(C)OB([C@@H]3CCCN3)O[C@@H]1C2.Cl.Cl. The predicted molar refractivity (Wildman–Crippen MR) is 307 cm³/mol. The Bertz CT molecular complexity index is 2050. The van der Waals surface area contributed by atoms with Gasteiger partial charge in [-0.2, -0.15) is 0 Å². The zero-order chi connectivity index (χ0) is 56.4. The lowest BCUT2D eigenvalue weighted by atomic mass is 9.43. The van der Waals surface area contributed by atoms with Crippen LogP contribution in [0.3, 0.4) is 0 Å². The zero-order valence-electron chi connectivity index (χ0n) is 50.5. The van der Waals surface area contributed by atoms with Crippen molar-refractivity contribution < 1.29 is 57.3 Å². The highest BCUT2D eigenvalue weighted by atomic mass is 35.5. The van der Waals surface area contributed by atoms with Crippen LogP contribution in [0.1, 0.15) is 196 Å². The van der Waals surface area contributed by atoms with E-state index < -0.39 is 49.4 Å². The molecule has 5 aliphatic heterocycles. The van der Waals surface area contributed by atoms with E-state index in [1.54, 1.807) is 0 Å². The summed E-state index contributed by atoms with van der Waals surface area (Å²) >= 11 is 0. The van der Waals surface area contributed by atoms with E-state index in [-0.39, 0.29) is 89.4 Å². The van der Waals surface area contributed by atoms with Gasteiger partial charge in [-0.1, -0.05) is 69.2 Å². The highest BCUT2D eigenvalue weighted by molar-refractivity contribution is 6.48. The van der Waals surface area contributed by atoms with E-state index in [9.17, 15) is 29.2 Å². The van der Waals surface area contributed by atoms with Crippen LogP contribution in [0, 0.1) is 45.3 Å². The highest BCUT2D eigenvalue weighted by Crippen LogP contribution is 2.67. The molecule has 22 heteroatoms. The van der Waals surface area contributed by atoms with Crippen LogP contribution in [0.5, 0.6) is 0 Å². The van der Waals surface area contributed by atoms with Gasteiger partial charge >= 0.3 is 33.4 Å². The molecule has 3 amide bonds. The summed E-state index contributed by atoms with van der Waals surface area (Å²) < 4.78 is 36.1. The van der Waals surface area contributed by atoms with Crippen molar-refractivity contribution in [2.45, 2.75) is 260 Å². The average Bonchev–Trinajstić information content (AvgIpc) is 4.11. The number of esters is 1. The van der Waals surface area contributed by atoms with Gasteiger partial charge in [0, 0.05) is 26.0 Å². The summed E-state index contributed by atoms with van der Waals surface area (Å²) in [5.41, 5.74) is 4.55. The van der Waals surface area contributed by atoms with Crippen molar-refractivity contribution >= 4 is 70.0 Å². The number of halogens is 2. The first kappa shape index (κ1) is 67.6. The molecule has 11 aliphatic rings. The molecule has 0 spiro atoms. The maximum Gasteiger partial charge on any atom is 0.481 e. The van der Waals surface area contributed by atoms with Gasteiger partial charge in [0.2, 0.25) is 11.8 Å². The fourth-order valence-corrected chi connectivity index (χ4v) is 14.0. The van der Waals surface area contributed by atoms with Gasteiger partial charge in [0.1, 0.15) is 17.2 Å². The van der Waals surface area contributed by atoms with Gasteiger partial charge in [-0.25, -0.2) is 4.79 Å². The molecule has 442 valence electrons. The smallest absolute Gasteiger partial charge is 0.460 e. The number of ether oxygens (including phenoxy) is 2. The van der Waals surface area contributed by atoms with Gasteiger partial charge in [0.25, 0.3) is 0 Å². The second-order valence-corrected chi connectivity index (χ2v) is 29.3. The molecule has 11 fully saturated rings. The van der Waals surface area contributed by atoms with E-state index in [2.05, 4.69) is 52.2 Å². The molecule has 4 bridgehead atoms. The third kappa shape index (κ3) is 14.9. The van der Waals surface area contributed by atoms with Crippen LogP contribution in [-0.4, -0.2) is 149 Å². The van der Waals surface area contributed by atoms with Crippen LogP contribution in [0.15, 0.2) is 0 Å². The van der Waals surface area contributed by atoms with Gasteiger partial charge in [0.15, 0.2) is 0 Å². The molecule has 17 nitrogen and oxygen atoms in total. The van der Waals surface area contributed by atoms with Gasteiger partial charge < -0.3 is 64.3 Å². The molecule has 0 radical (unpaired) electrons. The minimum absolute atomic E-state index is 0. The number of nitrogens with two attached hydrogens (primary N) is 1. The molecule has 5 unspecified atom stereocenters. The van der Waals surface area contributed by atoms with Crippen molar-refractivity contribution in [3.05, 3.63) is 0 Å². The number of hydrogen-bond donors (Lipinski definition) is 5. The first-order valence-electron chi connectivity index (χ1n) is 28.5. The third-order valence-corrected chi connectivity index (χ3v) is 18.6. The Hall–Kier alpha value is -1.87. The van der Waals surface area contributed by atoms with Crippen molar-refractivity contribution in [2.24, 2.45) is 51.1 Å². The maximum absolute atomic E-state index is 13.8. The van der Waals surface area contributed by atoms with Crippen LogP contribution in [0.2, 0.25) is 0 Å². The average molecular weight is 1130 g/mol. The van der Waals surface area contributed by atoms with E-state index in [0.29, 0.717) is 54.7 Å².